The van der Waals surface area contributed by atoms with Gasteiger partial charge in [0.2, 0.25) is 17.4 Å². The van der Waals surface area contributed by atoms with Gasteiger partial charge < -0.3 is 20.1 Å². The molecule has 0 aliphatic heterocycles. The van der Waals surface area contributed by atoms with E-state index in [1.54, 1.807) is 13.1 Å². The second kappa shape index (κ2) is 5.12. The zero-order chi connectivity index (χ0) is 14.8. The molecule has 2 aromatic heterocycles. The van der Waals surface area contributed by atoms with Crippen LogP contribution >= 0.6 is 0 Å². The number of rotatable bonds is 4. The number of aryl methyl sites for hydroxylation is 1. The fourth-order valence-electron chi connectivity index (χ4n) is 1.90. The largest absolute Gasteiger partial charge is 0.481 e. The molecule has 0 spiro atoms. The summed E-state index contributed by atoms with van der Waals surface area (Å²) in [6.07, 6.45) is 0. The van der Waals surface area contributed by atoms with Gasteiger partial charge in [0.15, 0.2) is 12.4 Å². The molecule has 108 valence electrons. The van der Waals surface area contributed by atoms with Crippen LogP contribution in [-0.2, 0) is 13.7 Å². The minimum atomic E-state index is -0.173. The summed E-state index contributed by atoms with van der Waals surface area (Å²) in [5.41, 5.74) is 6.18. The molecule has 0 bridgehead atoms. The van der Waals surface area contributed by atoms with Crippen LogP contribution in [0.5, 0.6) is 5.75 Å². The maximum atomic E-state index is 8.84. The van der Waals surface area contributed by atoms with Crippen LogP contribution in [0, 0.1) is 0 Å². The highest BCUT2D eigenvalue weighted by Gasteiger charge is 2.19. The molecule has 9 heteroatoms. The molecule has 0 amide bonds. The number of hydrogen-bond donors (Lipinski definition) is 2. The van der Waals surface area contributed by atoms with E-state index >= 15 is 0 Å². The van der Waals surface area contributed by atoms with Crippen LogP contribution in [0.4, 0.5) is 0 Å². The molecule has 0 radical (unpaired) electrons. The number of benzene rings is 1. The number of nitrogens with two attached hydrogens (primary N) is 1. The Labute approximate surface area is 118 Å². The van der Waals surface area contributed by atoms with Gasteiger partial charge in [-0.1, -0.05) is 17.3 Å². The second-order valence-corrected chi connectivity index (χ2v) is 4.23. The number of nitrogens with zero attached hydrogens (tertiary/aromatic N) is 5. The molecule has 2 heterocycles. The zero-order valence-electron chi connectivity index (χ0n) is 11.1. The highest BCUT2D eigenvalue weighted by molar-refractivity contribution is 6.03. The molecule has 0 aliphatic rings. The van der Waals surface area contributed by atoms with Crippen molar-refractivity contribution in [2.24, 2.45) is 17.9 Å². The minimum absolute atomic E-state index is 0.0864. The zero-order valence-corrected chi connectivity index (χ0v) is 11.1. The van der Waals surface area contributed by atoms with Gasteiger partial charge >= 0.3 is 0 Å². The van der Waals surface area contributed by atoms with E-state index in [1.165, 1.54) is 4.80 Å². The number of oxime groups is 1. The molecule has 21 heavy (non-hydrogen) atoms. The number of fused-ring (bicyclic) bond motifs is 1. The van der Waals surface area contributed by atoms with Gasteiger partial charge in [-0.15, -0.1) is 10.2 Å². The Kier molecular flexibility index (Phi) is 3.14. The maximum Gasteiger partial charge on any atom is 0.215 e. The third kappa shape index (κ3) is 2.36. The van der Waals surface area contributed by atoms with Crippen LogP contribution in [0.15, 0.2) is 33.8 Å². The van der Waals surface area contributed by atoms with Crippen molar-refractivity contribution in [3.8, 4) is 5.75 Å². The summed E-state index contributed by atoms with van der Waals surface area (Å²) < 4.78 is 11.2. The Hall–Kier alpha value is -3.10. The first-order valence-electron chi connectivity index (χ1n) is 6.04. The van der Waals surface area contributed by atoms with Crippen LogP contribution in [0.2, 0.25) is 0 Å². The Bertz CT molecular complexity index is 806. The van der Waals surface area contributed by atoms with E-state index in [2.05, 4.69) is 20.6 Å². The van der Waals surface area contributed by atoms with Gasteiger partial charge in [0.1, 0.15) is 5.58 Å². The lowest BCUT2D eigenvalue weighted by atomic mass is 10.2. The number of amidine groups is 1. The van der Waals surface area contributed by atoms with Crippen molar-refractivity contribution in [3.63, 3.8) is 0 Å². The van der Waals surface area contributed by atoms with Gasteiger partial charge in [-0.3, -0.25) is 0 Å². The van der Waals surface area contributed by atoms with Crippen molar-refractivity contribution in [3.05, 3.63) is 35.9 Å². The third-order valence-corrected chi connectivity index (χ3v) is 2.79. The second-order valence-electron chi connectivity index (χ2n) is 4.23. The van der Waals surface area contributed by atoms with E-state index in [4.69, 9.17) is 20.1 Å². The van der Waals surface area contributed by atoms with Gasteiger partial charge in [-0.2, -0.15) is 4.80 Å². The summed E-state index contributed by atoms with van der Waals surface area (Å²) >= 11 is 0. The van der Waals surface area contributed by atoms with Crippen molar-refractivity contribution < 1.29 is 14.4 Å². The lowest BCUT2D eigenvalue weighted by Gasteiger charge is -2.03. The monoisotopic (exact) mass is 288 g/mol. The Balaban J connectivity index is 1.98. The smallest absolute Gasteiger partial charge is 0.215 e. The number of furan rings is 1. The van der Waals surface area contributed by atoms with Crippen LogP contribution in [-0.4, -0.2) is 31.3 Å². The average molecular weight is 288 g/mol. The van der Waals surface area contributed by atoms with Crippen LogP contribution < -0.4 is 10.5 Å². The van der Waals surface area contributed by atoms with Crippen LogP contribution in [0.1, 0.15) is 11.6 Å². The lowest BCUT2D eigenvalue weighted by Crippen LogP contribution is -2.13. The van der Waals surface area contributed by atoms with Gasteiger partial charge in [-0.25, -0.2) is 0 Å². The van der Waals surface area contributed by atoms with Gasteiger partial charge in [0.05, 0.1) is 12.4 Å². The lowest BCUT2D eigenvalue weighted by molar-refractivity contribution is 0.291. The fourth-order valence-corrected chi connectivity index (χ4v) is 1.90. The quantitative estimate of drug-likeness (QED) is 0.312. The highest BCUT2D eigenvalue weighted by Crippen LogP contribution is 2.33. The number of hydrogen-bond acceptors (Lipinski definition) is 7. The number of aromatic nitrogens is 4. The molecule has 0 atom stereocenters. The molecule has 0 saturated carbocycles. The van der Waals surface area contributed by atoms with Crippen molar-refractivity contribution in [1.82, 2.24) is 20.2 Å². The van der Waals surface area contributed by atoms with Crippen molar-refractivity contribution in [2.75, 3.05) is 0 Å². The number of ether oxygens (including phenoxy) is 1. The van der Waals surface area contributed by atoms with Crippen molar-refractivity contribution >= 4 is 16.8 Å². The first-order valence-corrected chi connectivity index (χ1v) is 6.04. The standard InChI is InChI=1S/C12H12N6O3/c1-18-15-9(14-17-18)6-20-10-7-4-2-3-5-8(7)21-11(10)12(13)16-19/h2-5,19H,6H2,1H3,(H2,13,16). The van der Waals surface area contributed by atoms with E-state index in [0.717, 1.165) is 0 Å². The van der Waals surface area contributed by atoms with Crippen molar-refractivity contribution in [1.29, 1.82) is 0 Å². The minimum Gasteiger partial charge on any atom is -0.481 e. The maximum absolute atomic E-state index is 8.84. The molecule has 9 nitrogen and oxygen atoms in total. The molecule has 1 aromatic carbocycles. The van der Waals surface area contributed by atoms with Crippen LogP contribution in [0.25, 0.3) is 11.0 Å². The molecule has 3 N–H and O–H groups in total. The Morgan fingerprint density at radius 2 is 2.29 bits per heavy atom. The molecule has 3 aromatic rings. The Morgan fingerprint density at radius 3 is 3.00 bits per heavy atom. The summed E-state index contributed by atoms with van der Waals surface area (Å²) in [4.78, 5) is 1.33. The highest BCUT2D eigenvalue weighted by atomic mass is 16.5. The normalized spacial score (nSPS) is 12.0. The Morgan fingerprint density at radius 1 is 1.48 bits per heavy atom. The first kappa shape index (κ1) is 12.9. The van der Waals surface area contributed by atoms with Gasteiger partial charge in [-0.05, 0) is 17.3 Å². The third-order valence-electron chi connectivity index (χ3n) is 2.79. The predicted molar refractivity (Wildman–Crippen MR) is 71.9 cm³/mol. The van der Waals surface area contributed by atoms with Crippen LogP contribution in [0.3, 0.4) is 0 Å². The summed E-state index contributed by atoms with van der Waals surface area (Å²) in [6, 6.07) is 7.22. The van der Waals surface area contributed by atoms with E-state index < -0.39 is 0 Å². The SMILES string of the molecule is Cn1nnc(COc2c(/C(N)=N/O)oc3ccccc23)n1. The number of para-hydroxylation sites is 1. The molecule has 0 saturated heterocycles. The topological polar surface area (TPSA) is 125 Å². The predicted octanol–water partition coefficient (Wildman–Crippen LogP) is 0.630. The molecule has 0 fully saturated rings. The molecular weight excluding hydrogens is 276 g/mol. The van der Waals surface area contributed by atoms with Gasteiger partial charge in [0.25, 0.3) is 0 Å². The average Bonchev–Trinajstić information content (AvgIpc) is 3.07. The summed E-state index contributed by atoms with van der Waals surface area (Å²) in [5, 5.41) is 24.0. The van der Waals surface area contributed by atoms with E-state index in [0.29, 0.717) is 22.5 Å². The first-order chi connectivity index (χ1) is 10.2. The summed E-state index contributed by atoms with van der Waals surface area (Å²) in [5.74, 6) is 0.762. The van der Waals surface area contributed by atoms with E-state index in [9.17, 15) is 0 Å². The molecular formula is C12H12N6O3. The molecule has 0 unspecified atom stereocenters. The summed E-state index contributed by atoms with van der Waals surface area (Å²) in [6.45, 7) is 0.0864. The fraction of sp³-hybridized carbons (Fsp3) is 0.167. The van der Waals surface area contributed by atoms with E-state index in [1.807, 2.05) is 18.2 Å². The van der Waals surface area contributed by atoms with E-state index in [-0.39, 0.29) is 18.2 Å². The van der Waals surface area contributed by atoms with Gasteiger partial charge in [0, 0.05) is 0 Å². The molecule has 3 rings (SSSR count). The number of tetrazole rings is 1. The summed E-state index contributed by atoms with van der Waals surface area (Å²) in [7, 11) is 1.66. The molecule has 0 aliphatic carbocycles. The van der Waals surface area contributed by atoms with Crippen molar-refractivity contribution in [2.45, 2.75) is 6.61 Å².